The third kappa shape index (κ3) is 6.11. The van der Waals surface area contributed by atoms with Gasteiger partial charge in [-0.15, -0.1) is 0 Å². The maximum atomic E-state index is 12.9. The van der Waals surface area contributed by atoms with Crippen molar-refractivity contribution in [1.82, 2.24) is 9.80 Å². The number of rotatable bonds is 7. The number of likely N-dealkylation sites (tertiary alicyclic amines) is 1. The lowest BCUT2D eigenvalue weighted by atomic mass is 10.1. The van der Waals surface area contributed by atoms with E-state index in [1.54, 1.807) is 41.3 Å². The molecule has 11 heteroatoms. The van der Waals surface area contributed by atoms with E-state index in [1.165, 1.54) is 7.11 Å². The highest BCUT2D eigenvalue weighted by Gasteiger charge is 2.37. The molecule has 0 saturated carbocycles. The number of carbonyl (C=O) groups excluding carboxylic acids is 3. The second-order valence-corrected chi connectivity index (χ2v) is 10.5. The molecule has 2 fully saturated rings. The van der Waals surface area contributed by atoms with Crippen molar-refractivity contribution in [2.45, 2.75) is 25.9 Å². The van der Waals surface area contributed by atoms with Crippen molar-refractivity contribution in [3.63, 3.8) is 0 Å². The monoisotopic (exact) mass is 568 g/mol. The van der Waals surface area contributed by atoms with Crippen LogP contribution in [0.1, 0.15) is 30.4 Å². The van der Waals surface area contributed by atoms with E-state index in [2.05, 4.69) is 0 Å². The van der Waals surface area contributed by atoms with Crippen LogP contribution in [0.15, 0.2) is 35.2 Å². The van der Waals surface area contributed by atoms with Crippen LogP contribution in [0, 0.1) is 0 Å². The molecule has 2 aromatic rings. The van der Waals surface area contributed by atoms with Crippen molar-refractivity contribution in [1.29, 1.82) is 0 Å². The minimum Gasteiger partial charge on any atom is -0.493 e. The summed E-state index contributed by atoms with van der Waals surface area (Å²) in [7, 11) is 1.47. The summed E-state index contributed by atoms with van der Waals surface area (Å²) in [5.41, 5.74) is 1.34. The molecule has 0 unspecified atom stereocenters. The van der Waals surface area contributed by atoms with Crippen molar-refractivity contribution in [2.24, 2.45) is 0 Å². The molecule has 3 amide bonds. The lowest BCUT2D eigenvalue weighted by Gasteiger charge is -2.27. The molecule has 2 aliphatic heterocycles. The largest absolute Gasteiger partial charge is 0.493 e. The van der Waals surface area contributed by atoms with Crippen LogP contribution in [-0.2, 0) is 16.2 Å². The Balaban J connectivity index is 1.48. The maximum absolute atomic E-state index is 12.9. The zero-order valence-corrected chi connectivity index (χ0v) is 22.5. The van der Waals surface area contributed by atoms with Crippen LogP contribution < -0.4 is 9.47 Å². The number of thioether (sulfide) groups is 1. The van der Waals surface area contributed by atoms with Gasteiger partial charge in [0.15, 0.2) is 11.5 Å². The Morgan fingerprint density at radius 3 is 2.47 bits per heavy atom. The summed E-state index contributed by atoms with van der Waals surface area (Å²) < 4.78 is 11.3. The highest BCUT2D eigenvalue weighted by atomic mass is 35.5. The smallest absolute Gasteiger partial charge is 0.294 e. The van der Waals surface area contributed by atoms with E-state index < -0.39 is 11.1 Å². The summed E-state index contributed by atoms with van der Waals surface area (Å²) >= 11 is 19.3. The fraction of sp³-hybridized carbons (Fsp3) is 0.320. The van der Waals surface area contributed by atoms with Gasteiger partial charge in [0.25, 0.3) is 11.1 Å². The van der Waals surface area contributed by atoms with Gasteiger partial charge in [-0.25, -0.2) is 0 Å². The Labute approximate surface area is 228 Å². The second kappa shape index (κ2) is 11.8. The Morgan fingerprint density at radius 2 is 1.78 bits per heavy atom. The summed E-state index contributed by atoms with van der Waals surface area (Å²) in [5.74, 6) is -0.0484. The van der Waals surface area contributed by atoms with Gasteiger partial charge in [0.1, 0.15) is 13.2 Å². The van der Waals surface area contributed by atoms with Crippen molar-refractivity contribution in [3.05, 3.63) is 61.4 Å². The molecule has 36 heavy (non-hydrogen) atoms. The standard InChI is InChI=1S/C25H23Cl3N2O5S/c1-34-20-11-16(10-19(28)23(20)35-14-15-5-6-17(26)18(27)9-15)12-21-24(32)30(25(33)36-21)13-22(31)29-7-3-2-4-8-29/h5-6,9-12H,2-4,7-8,13-14H2,1H3/b21-12-. The van der Waals surface area contributed by atoms with E-state index in [1.807, 2.05) is 0 Å². The summed E-state index contributed by atoms with van der Waals surface area (Å²) in [6, 6.07) is 8.43. The molecule has 2 aliphatic rings. The number of amides is 3. The highest BCUT2D eigenvalue weighted by molar-refractivity contribution is 8.18. The highest BCUT2D eigenvalue weighted by Crippen LogP contribution is 2.39. The average molecular weight is 570 g/mol. The number of benzene rings is 2. The van der Waals surface area contributed by atoms with Crippen LogP contribution in [0.4, 0.5) is 4.79 Å². The van der Waals surface area contributed by atoms with Crippen LogP contribution >= 0.6 is 46.6 Å². The zero-order valence-electron chi connectivity index (χ0n) is 19.4. The molecule has 0 aromatic heterocycles. The molecule has 0 aliphatic carbocycles. The first kappa shape index (κ1) is 26.7. The first-order valence-electron chi connectivity index (χ1n) is 11.2. The number of ether oxygens (including phenoxy) is 2. The lowest BCUT2D eigenvalue weighted by Crippen LogP contribution is -2.44. The van der Waals surface area contributed by atoms with Crippen LogP contribution in [0.3, 0.4) is 0 Å². The number of imide groups is 1. The minimum absolute atomic E-state index is 0.177. The van der Waals surface area contributed by atoms with Gasteiger partial charge in [-0.05, 0) is 72.5 Å². The van der Waals surface area contributed by atoms with Crippen LogP contribution in [0.2, 0.25) is 15.1 Å². The molecular formula is C25H23Cl3N2O5S. The van der Waals surface area contributed by atoms with E-state index in [9.17, 15) is 14.4 Å². The van der Waals surface area contributed by atoms with Gasteiger partial charge < -0.3 is 14.4 Å². The van der Waals surface area contributed by atoms with Gasteiger partial charge >= 0.3 is 0 Å². The second-order valence-electron chi connectivity index (χ2n) is 8.28. The summed E-state index contributed by atoms with van der Waals surface area (Å²) in [4.78, 5) is 40.8. The minimum atomic E-state index is -0.509. The number of hydrogen-bond acceptors (Lipinski definition) is 6. The normalized spacial score (nSPS) is 17.2. The number of piperidine rings is 1. The Morgan fingerprint density at radius 1 is 1.03 bits per heavy atom. The van der Waals surface area contributed by atoms with Crippen LogP contribution in [0.5, 0.6) is 11.5 Å². The van der Waals surface area contributed by atoms with Crippen molar-refractivity contribution in [3.8, 4) is 11.5 Å². The predicted molar refractivity (Wildman–Crippen MR) is 142 cm³/mol. The van der Waals surface area contributed by atoms with Gasteiger partial charge in [0, 0.05) is 13.1 Å². The van der Waals surface area contributed by atoms with E-state index >= 15 is 0 Å². The molecule has 7 nitrogen and oxygen atoms in total. The van der Waals surface area contributed by atoms with E-state index in [0.717, 1.165) is 41.5 Å². The SMILES string of the molecule is COc1cc(/C=C2\SC(=O)N(CC(=O)N3CCCCC3)C2=O)cc(Cl)c1OCc1ccc(Cl)c(Cl)c1. The molecule has 0 spiro atoms. The number of methoxy groups -OCH3 is 1. The van der Waals surface area contributed by atoms with Gasteiger partial charge in [-0.1, -0.05) is 40.9 Å². The Bertz CT molecular complexity index is 1230. The number of carbonyl (C=O) groups is 3. The summed E-state index contributed by atoms with van der Waals surface area (Å²) in [5, 5.41) is 0.648. The van der Waals surface area contributed by atoms with Crippen molar-refractivity contribution >= 4 is 69.7 Å². The van der Waals surface area contributed by atoms with Crippen LogP contribution in [0.25, 0.3) is 6.08 Å². The zero-order chi connectivity index (χ0) is 25.8. The fourth-order valence-corrected chi connectivity index (χ4v) is 5.35. The molecule has 2 saturated heterocycles. The molecule has 2 aromatic carbocycles. The van der Waals surface area contributed by atoms with E-state index in [4.69, 9.17) is 44.3 Å². The fourth-order valence-electron chi connectivity index (χ4n) is 3.91. The third-order valence-corrected chi connectivity index (χ3v) is 7.72. The van der Waals surface area contributed by atoms with Gasteiger partial charge in [0.2, 0.25) is 5.91 Å². The molecule has 0 atom stereocenters. The van der Waals surface area contributed by atoms with E-state index in [0.29, 0.717) is 40.2 Å². The Kier molecular flexibility index (Phi) is 8.72. The lowest BCUT2D eigenvalue weighted by molar-refractivity contribution is -0.136. The molecule has 0 radical (unpaired) electrons. The Hall–Kier alpha value is -2.39. The molecule has 0 bridgehead atoms. The van der Waals surface area contributed by atoms with Crippen molar-refractivity contribution in [2.75, 3.05) is 26.7 Å². The van der Waals surface area contributed by atoms with E-state index in [-0.39, 0.29) is 29.0 Å². The van der Waals surface area contributed by atoms with Gasteiger partial charge in [0.05, 0.1) is 27.1 Å². The maximum Gasteiger partial charge on any atom is 0.294 e. The van der Waals surface area contributed by atoms with Crippen molar-refractivity contribution < 1.29 is 23.9 Å². The molecule has 4 rings (SSSR count). The average Bonchev–Trinajstić information content (AvgIpc) is 3.12. The number of hydrogen-bond donors (Lipinski definition) is 0. The first-order chi connectivity index (χ1) is 17.3. The topological polar surface area (TPSA) is 76.2 Å². The third-order valence-electron chi connectivity index (χ3n) is 5.79. The van der Waals surface area contributed by atoms with Gasteiger partial charge in [-0.2, -0.15) is 0 Å². The first-order valence-corrected chi connectivity index (χ1v) is 13.2. The van der Waals surface area contributed by atoms with Crippen LogP contribution in [-0.4, -0.2) is 53.6 Å². The molecule has 0 N–H and O–H groups in total. The molecule has 2 heterocycles. The summed E-state index contributed by atoms with van der Waals surface area (Å²) in [6.45, 7) is 1.23. The number of nitrogens with zero attached hydrogens (tertiary/aromatic N) is 2. The quantitative estimate of drug-likeness (QED) is 0.365. The van der Waals surface area contributed by atoms with Gasteiger partial charge in [-0.3, -0.25) is 19.3 Å². The number of halogens is 3. The summed E-state index contributed by atoms with van der Waals surface area (Å²) in [6.07, 6.45) is 4.50. The molecular weight excluding hydrogens is 547 g/mol. The molecule has 190 valence electrons. The predicted octanol–water partition coefficient (Wildman–Crippen LogP) is 6.28.